The van der Waals surface area contributed by atoms with E-state index in [4.69, 9.17) is 5.73 Å². The van der Waals surface area contributed by atoms with Crippen LogP contribution in [0, 0.1) is 12.7 Å². The second-order valence-corrected chi connectivity index (χ2v) is 8.43. The van der Waals surface area contributed by atoms with Crippen molar-refractivity contribution in [2.24, 2.45) is 0 Å². The summed E-state index contributed by atoms with van der Waals surface area (Å²) in [5.74, 6) is -0.586. The van der Waals surface area contributed by atoms with Crippen molar-refractivity contribution in [1.29, 1.82) is 0 Å². The third kappa shape index (κ3) is 5.01. The molecule has 9 heteroatoms. The number of nitrogen functional groups attached to an aromatic ring is 1. The van der Waals surface area contributed by atoms with Gasteiger partial charge in [-0.25, -0.2) is 17.5 Å². The van der Waals surface area contributed by atoms with Gasteiger partial charge in [-0.3, -0.25) is 4.79 Å². The van der Waals surface area contributed by atoms with Gasteiger partial charge < -0.3 is 10.6 Å². The van der Waals surface area contributed by atoms with Gasteiger partial charge in [-0.05, 0) is 61.7 Å². The molecule has 1 aliphatic rings. The lowest BCUT2D eigenvalue weighted by atomic mass is 10.0. The summed E-state index contributed by atoms with van der Waals surface area (Å²) in [7, 11) is -3.72. The molecule has 152 valence electrons. The minimum Gasteiger partial charge on any atom is -0.399 e. The Morgan fingerprint density at radius 2 is 1.75 bits per heavy atom. The Morgan fingerprint density at radius 1 is 1.14 bits per heavy atom. The number of nitrogens with one attached hydrogen (secondary N) is 1. The third-order valence-electron chi connectivity index (χ3n) is 4.72. The molecule has 1 aliphatic heterocycles. The van der Waals surface area contributed by atoms with Gasteiger partial charge in [-0.2, -0.15) is 0 Å². The Bertz CT molecular complexity index is 943. The summed E-state index contributed by atoms with van der Waals surface area (Å²) in [5.41, 5.74) is 7.74. The summed E-state index contributed by atoms with van der Waals surface area (Å²) < 4.78 is 40.4. The van der Waals surface area contributed by atoms with Gasteiger partial charge in [0.2, 0.25) is 10.0 Å². The van der Waals surface area contributed by atoms with E-state index in [1.807, 2.05) is 13.0 Å². The van der Waals surface area contributed by atoms with Crippen LogP contribution in [0.3, 0.4) is 0 Å². The summed E-state index contributed by atoms with van der Waals surface area (Å²) >= 11 is 0. The molecule has 28 heavy (non-hydrogen) atoms. The highest BCUT2D eigenvalue weighted by Gasteiger charge is 2.27. The molecule has 3 rings (SSSR count). The highest BCUT2D eigenvalue weighted by molar-refractivity contribution is 7.89. The first kappa shape index (κ1) is 22.1. The quantitative estimate of drug-likeness (QED) is 0.734. The van der Waals surface area contributed by atoms with Crippen LogP contribution in [0.25, 0.3) is 0 Å². The molecule has 0 atom stereocenters. The standard InChI is InChI=1S/C19H22FN3O3S.ClH/c1-13-2-5-15(21)12-18(13)19(24)23-10-8-16(9-11-23)22-27(25,26)17-6-3-14(20)4-7-17;/h2-7,12,16,22H,8-11,21H2,1H3;1H. The molecule has 2 aromatic rings. The Kier molecular flexibility index (Phi) is 7.03. The van der Waals surface area contributed by atoms with Crippen LogP contribution in [0.15, 0.2) is 47.4 Å². The van der Waals surface area contributed by atoms with E-state index in [1.165, 1.54) is 12.1 Å². The Morgan fingerprint density at radius 3 is 2.36 bits per heavy atom. The minimum atomic E-state index is -3.72. The van der Waals surface area contributed by atoms with Crippen molar-refractivity contribution >= 4 is 34.0 Å². The van der Waals surface area contributed by atoms with E-state index in [0.29, 0.717) is 37.2 Å². The van der Waals surface area contributed by atoms with E-state index in [0.717, 1.165) is 17.7 Å². The molecule has 1 fully saturated rings. The van der Waals surface area contributed by atoms with E-state index >= 15 is 0 Å². The van der Waals surface area contributed by atoms with E-state index in [-0.39, 0.29) is 29.3 Å². The molecule has 3 N–H and O–H groups in total. The molecule has 0 unspecified atom stereocenters. The fourth-order valence-corrected chi connectivity index (χ4v) is 4.45. The van der Waals surface area contributed by atoms with Gasteiger partial charge in [0.1, 0.15) is 5.82 Å². The molecule has 0 bridgehead atoms. The SMILES string of the molecule is Cc1ccc(N)cc1C(=O)N1CCC(NS(=O)(=O)c2ccc(F)cc2)CC1.Cl. The number of hydrogen-bond acceptors (Lipinski definition) is 4. The Hall–Kier alpha value is -2.16. The van der Waals surface area contributed by atoms with Crippen LogP contribution in [0.4, 0.5) is 10.1 Å². The number of amides is 1. The fourth-order valence-electron chi connectivity index (χ4n) is 3.14. The first-order chi connectivity index (χ1) is 12.8. The molecule has 1 heterocycles. The number of aryl methyl sites for hydroxylation is 1. The molecule has 2 aromatic carbocycles. The van der Waals surface area contributed by atoms with Crippen molar-refractivity contribution in [1.82, 2.24) is 9.62 Å². The van der Waals surface area contributed by atoms with E-state index in [2.05, 4.69) is 4.72 Å². The first-order valence-corrected chi connectivity index (χ1v) is 10.2. The van der Waals surface area contributed by atoms with Crippen LogP contribution in [0.1, 0.15) is 28.8 Å². The van der Waals surface area contributed by atoms with E-state index in [1.54, 1.807) is 17.0 Å². The zero-order valence-electron chi connectivity index (χ0n) is 15.4. The normalized spacial score (nSPS) is 15.1. The van der Waals surface area contributed by atoms with Crippen molar-refractivity contribution < 1.29 is 17.6 Å². The largest absolute Gasteiger partial charge is 0.399 e. The summed E-state index contributed by atoms with van der Waals surface area (Å²) in [4.78, 5) is 14.5. The van der Waals surface area contributed by atoms with Crippen molar-refractivity contribution in [3.05, 3.63) is 59.4 Å². The van der Waals surface area contributed by atoms with Gasteiger partial charge in [0.15, 0.2) is 0 Å². The Balaban J connectivity index is 0.00000280. The number of sulfonamides is 1. The molecule has 6 nitrogen and oxygen atoms in total. The number of rotatable bonds is 4. The molecule has 0 saturated carbocycles. The molecular weight excluding hydrogens is 405 g/mol. The molecule has 1 amide bonds. The van der Waals surface area contributed by atoms with Gasteiger partial charge in [-0.15, -0.1) is 12.4 Å². The van der Waals surface area contributed by atoms with Crippen LogP contribution < -0.4 is 10.5 Å². The monoisotopic (exact) mass is 427 g/mol. The molecule has 0 spiro atoms. The fraction of sp³-hybridized carbons (Fsp3) is 0.316. The number of anilines is 1. The number of piperidine rings is 1. The number of nitrogens with zero attached hydrogens (tertiary/aromatic N) is 1. The number of likely N-dealkylation sites (tertiary alicyclic amines) is 1. The number of carbonyl (C=O) groups is 1. The molecular formula is C19H23ClFN3O3S. The number of benzene rings is 2. The van der Waals surface area contributed by atoms with E-state index < -0.39 is 15.8 Å². The summed E-state index contributed by atoms with van der Waals surface area (Å²) in [6, 6.07) is 9.66. The molecule has 0 aliphatic carbocycles. The lowest BCUT2D eigenvalue weighted by Crippen LogP contribution is -2.46. The zero-order valence-corrected chi connectivity index (χ0v) is 17.0. The van der Waals surface area contributed by atoms with Gasteiger partial charge in [0.05, 0.1) is 4.90 Å². The average Bonchev–Trinajstić information content (AvgIpc) is 2.64. The number of hydrogen-bond donors (Lipinski definition) is 2. The van der Waals surface area contributed by atoms with Gasteiger partial charge in [-0.1, -0.05) is 6.07 Å². The van der Waals surface area contributed by atoms with Gasteiger partial charge in [0.25, 0.3) is 5.91 Å². The van der Waals surface area contributed by atoms with Crippen molar-refractivity contribution in [2.45, 2.75) is 30.7 Å². The van der Waals surface area contributed by atoms with Crippen LogP contribution >= 0.6 is 12.4 Å². The molecule has 0 radical (unpaired) electrons. The highest BCUT2D eigenvalue weighted by atomic mass is 35.5. The van der Waals surface area contributed by atoms with Crippen LogP contribution in [-0.4, -0.2) is 38.4 Å². The summed E-state index contributed by atoms with van der Waals surface area (Å²) in [5, 5.41) is 0. The van der Waals surface area contributed by atoms with Crippen molar-refractivity contribution in [3.8, 4) is 0 Å². The number of carbonyl (C=O) groups excluding carboxylic acids is 1. The van der Waals surface area contributed by atoms with Gasteiger partial charge in [0, 0.05) is 30.4 Å². The Labute approximate surface area is 170 Å². The van der Waals surface area contributed by atoms with Crippen LogP contribution in [-0.2, 0) is 10.0 Å². The lowest BCUT2D eigenvalue weighted by molar-refractivity contribution is 0.0710. The minimum absolute atomic E-state index is 0. The third-order valence-corrected chi connectivity index (χ3v) is 6.26. The highest BCUT2D eigenvalue weighted by Crippen LogP contribution is 2.20. The summed E-state index contributed by atoms with van der Waals surface area (Å²) in [6.45, 7) is 2.75. The second-order valence-electron chi connectivity index (χ2n) is 6.72. The topological polar surface area (TPSA) is 92.5 Å². The van der Waals surface area contributed by atoms with Crippen molar-refractivity contribution in [3.63, 3.8) is 0 Å². The molecule has 0 aromatic heterocycles. The maximum Gasteiger partial charge on any atom is 0.254 e. The first-order valence-electron chi connectivity index (χ1n) is 8.69. The lowest BCUT2D eigenvalue weighted by Gasteiger charge is -2.32. The van der Waals surface area contributed by atoms with Gasteiger partial charge >= 0.3 is 0 Å². The van der Waals surface area contributed by atoms with Crippen LogP contribution in [0.5, 0.6) is 0 Å². The van der Waals surface area contributed by atoms with Crippen molar-refractivity contribution in [2.75, 3.05) is 18.8 Å². The van der Waals surface area contributed by atoms with Crippen LogP contribution in [0.2, 0.25) is 0 Å². The van der Waals surface area contributed by atoms with E-state index in [9.17, 15) is 17.6 Å². The predicted molar refractivity (Wildman–Crippen MR) is 108 cm³/mol. The average molecular weight is 428 g/mol. The molecule has 1 saturated heterocycles. The zero-order chi connectivity index (χ0) is 19.6. The number of nitrogens with two attached hydrogens (primary N) is 1. The number of halogens is 2. The maximum absolute atomic E-state index is 13.0. The maximum atomic E-state index is 13.0. The predicted octanol–water partition coefficient (Wildman–Crippen LogP) is 2.72. The summed E-state index contributed by atoms with van der Waals surface area (Å²) in [6.07, 6.45) is 1.01. The second kappa shape index (κ2) is 8.89. The smallest absolute Gasteiger partial charge is 0.254 e.